The van der Waals surface area contributed by atoms with Gasteiger partial charge in [-0.15, -0.1) is 11.3 Å². The minimum Gasteiger partial charge on any atom is -0.507 e. The molecule has 2 aromatic carbocycles. The minimum absolute atomic E-state index is 0.346. The van der Waals surface area contributed by atoms with Gasteiger partial charge in [-0.3, -0.25) is 0 Å². The molecule has 0 aliphatic carbocycles. The Hall–Kier alpha value is -2.00. The van der Waals surface area contributed by atoms with Crippen molar-refractivity contribution < 1.29 is 5.11 Å². The van der Waals surface area contributed by atoms with Crippen molar-refractivity contribution in [2.45, 2.75) is 13.3 Å². The Labute approximate surface area is 129 Å². The lowest BCUT2D eigenvalue weighted by Gasteiger charge is -2.19. The van der Waals surface area contributed by atoms with E-state index in [1.165, 1.54) is 5.00 Å². The number of hydrogen-bond acceptors (Lipinski definition) is 3. The highest BCUT2D eigenvalue weighted by atomic mass is 32.1. The van der Waals surface area contributed by atoms with Gasteiger partial charge in [0.2, 0.25) is 0 Å². The molecule has 0 unspecified atom stereocenters. The first kappa shape index (κ1) is 14.0. The lowest BCUT2D eigenvalue weighted by atomic mass is 9.98. The molecule has 3 heteroatoms. The zero-order valence-corrected chi connectivity index (χ0v) is 13.2. The molecule has 3 rings (SSSR count). The summed E-state index contributed by atoms with van der Waals surface area (Å²) in [5.74, 6) is 0.346. The number of phenolic OH excluding ortho intramolecular Hbond substituents is 1. The Kier molecular flexibility index (Phi) is 3.84. The molecule has 0 atom stereocenters. The molecule has 1 N–H and O–H groups in total. The fourth-order valence-corrected chi connectivity index (χ4v) is 3.67. The van der Waals surface area contributed by atoms with Crippen molar-refractivity contribution in [3.05, 3.63) is 47.8 Å². The van der Waals surface area contributed by atoms with Crippen molar-refractivity contribution in [1.29, 1.82) is 0 Å². The molecule has 21 heavy (non-hydrogen) atoms. The lowest BCUT2D eigenvalue weighted by Crippen LogP contribution is -2.17. The lowest BCUT2D eigenvalue weighted by molar-refractivity contribution is 0.478. The topological polar surface area (TPSA) is 23.5 Å². The first-order chi connectivity index (χ1) is 10.2. The second-order valence-electron chi connectivity index (χ2n) is 5.24. The highest BCUT2D eigenvalue weighted by Gasteiger charge is 2.16. The third-order valence-corrected chi connectivity index (χ3v) is 4.75. The second-order valence-corrected chi connectivity index (χ2v) is 6.14. The minimum atomic E-state index is 0.346. The van der Waals surface area contributed by atoms with E-state index in [1.54, 1.807) is 17.4 Å². The van der Waals surface area contributed by atoms with Crippen LogP contribution in [0.2, 0.25) is 0 Å². The summed E-state index contributed by atoms with van der Waals surface area (Å²) in [7, 11) is 2.11. The quantitative estimate of drug-likeness (QED) is 0.722. The number of hydrogen-bond donors (Lipinski definition) is 1. The van der Waals surface area contributed by atoms with Gasteiger partial charge in [-0.2, -0.15) is 0 Å². The summed E-state index contributed by atoms with van der Waals surface area (Å²) in [6.07, 6.45) is 1.11. The number of rotatable bonds is 4. The summed E-state index contributed by atoms with van der Waals surface area (Å²) in [4.78, 5) is 2.27. The van der Waals surface area contributed by atoms with E-state index in [1.807, 2.05) is 18.2 Å². The molecule has 0 saturated heterocycles. The second kappa shape index (κ2) is 5.78. The van der Waals surface area contributed by atoms with Gasteiger partial charge < -0.3 is 10.0 Å². The Bertz CT molecular complexity index is 763. The van der Waals surface area contributed by atoms with Crippen molar-refractivity contribution in [2.24, 2.45) is 0 Å². The first-order valence-electron chi connectivity index (χ1n) is 7.22. The fourth-order valence-electron chi connectivity index (χ4n) is 2.77. The Balaban J connectivity index is 2.22. The van der Waals surface area contributed by atoms with Crippen molar-refractivity contribution in [3.8, 4) is 16.9 Å². The maximum absolute atomic E-state index is 10.4. The van der Waals surface area contributed by atoms with E-state index in [0.29, 0.717) is 5.75 Å². The molecular weight excluding hydrogens is 278 g/mol. The average Bonchev–Trinajstić information content (AvgIpc) is 2.96. The number of fused-ring (bicyclic) bond motifs is 1. The van der Waals surface area contributed by atoms with Crippen LogP contribution in [-0.4, -0.2) is 18.7 Å². The van der Waals surface area contributed by atoms with E-state index in [2.05, 4.69) is 42.5 Å². The number of benzene rings is 2. The molecule has 0 fully saturated rings. The van der Waals surface area contributed by atoms with Crippen LogP contribution in [0.25, 0.3) is 21.9 Å². The van der Waals surface area contributed by atoms with Crippen LogP contribution in [0.4, 0.5) is 5.00 Å². The van der Waals surface area contributed by atoms with Crippen LogP contribution >= 0.6 is 11.3 Å². The predicted molar refractivity (Wildman–Crippen MR) is 92.5 cm³/mol. The zero-order valence-electron chi connectivity index (χ0n) is 12.3. The number of thiophene rings is 1. The molecular formula is C18H19NOS. The van der Waals surface area contributed by atoms with Crippen molar-refractivity contribution in [2.75, 3.05) is 18.5 Å². The van der Waals surface area contributed by atoms with Crippen LogP contribution in [-0.2, 0) is 0 Å². The van der Waals surface area contributed by atoms with Crippen molar-refractivity contribution in [3.63, 3.8) is 0 Å². The van der Waals surface area contributed by atoms with Crippen LogP contribution in [0.15, 0.2) is 47.8 Å². The molecule has 108 valence electrons. The summed E-state index contributed by atoms with van der Waals surface area (Å²) < 4.78 is 0. The molecule has 2 nitrogen and oxygen atoms in total. The molecule has 0 amide bonds. The fraction of sp³-hybridized carbons (Fsp3) is 0.222. The monoisotopic (exact) mass is 297 g/mol. The van der Waals surface area contributed by atoms with E-state index in [-0.39, 0.29) is 0 Å². The standard InChI is InChI=1S/C18H19NOS/c1-3-11-19(2)18-15(10-12-21-18)17-14-7-5-4-6-13(14)8-9-16(17)20/h4-10,12,20H,3,11H2,1-2H3. The normalized spacial score (nSPS) is 11.0. The maximum Gasteiger partial charge on any atom is 0.124 e. The van der Waals surface area contributed by atoms with Gasteiger partial charge in [-0.25, -0.2) is 0 Å². The predicted octanol–water partition coefficient (Wildman–Crippen LogP) is 5.12. The Morgan fingerprint density at radius 1 is 1.10 bits per heavy atom. The molecule has 0 aliphatic heterocycles. The van der Waals surface area contributed by atoms with Gasteiger partial charge in [0.1, 0.15) is 5.75 Å². The van der Waals surface area contributed by atoms with Crippen LogP contribution in [0.5, 0.6) is 5.75 Å². The smallest absolute Gasteiger partial charge is 0.124 e. The van der Waals surface area contributed by atoms with E-state index in [9.17, 15) is 5.11 Å². The van der Waals surface area contributed by atoms with Gasteiger partial charge in [0.25, 0.3) is 0 Å². The Morgan fingerprint density at radius 3 is 2.71 bits per heavy atom. The highest BCUT2D eigenvalue weighted by Crippen LogP contribution is 2.43. The number of phenols is 1. The first-order valence-corrected chi connectivity index (χ1v) is 8.10. The van der Waals surface area contributed by atoms with Gasteiger partial charge >= 0.3 is 0 Å². The van der Waals surface area contributed by atoms with Crippen LogP contribution in [0.3, 0.4) is 0 Å². The highest BCUT2D eigenvalue weighted by molar-refractivity contribution is 7.14. The van der Waals surface area contributed by atoms with Gasteiger partial charge in [-0.05, 0) is 34.7 Å². The third-order valence-electron chi connectivity index (χ3n) is 3.73. The van der Waals surface area contributed by atoms with Gasteiger partial charge in [0.05, 0.1) is 5.00 Å². The summed E-state index contributed by atoms with van der Waals surface area (Å²) in [5.41, 5.74) is 2.05. The molecule has 0 radical (unpaired) electrons. The molecule has 3 aromatic rings. The summed E-state index contributed by atoms with van der Waals surface area (Å²) in [6, 6.07) is 14.1. The number of nitrogens with zero attached hydrogens (tertiary/aromatic N) is 1. The van der Waals surface area contributed by atoms with Gasteiger partial charge in [0.15, 0.2) is 0 Å². The van der Waals surface area contributed by atoms with Gasteiger partial charge in [0, 0.05) is 24.7 Å². The van der Waals surface area contributed by atoms with E-state index < -0.39 is 0 Å². The largest absolute Gasteiger partial charge is 0.507 e. The zero-order chi connectivity index (χ0) is 14.8. The SMILES string of the molecule is CCCN(C)c1sccc1-c1c(O)ccc2ccccc12. The summed E-state index contributed by atoms with van der Waals surface area (Å²) in [6.45, 7) is 3.19. The maximum atomic E-state index is 10.4. The van der Waals surface area contributed by atoms with E-state index in [4.69, 9.17) is 0 Å². The van der Waals surface area contributed by atoms with E-state index in [0.717, 1.165) is 34.9 Å². The van der Waals surface area contributed by atoms with Crippen molar-refractivity contribution >= 4 is 27.1 Å². The molecule has 0 spiro atoms. The Morgan fingerprint density at radius 2 is 1.90 bits per heavy atom. The van der Waals surface area contributed by atoms with Crippen LogP contribution < -0.4 is 4.90 Å². The summed E-state index contributed by atoms with van der Waals surface area (Å²) >= 11 is 1.72. The van der Waals surface area contributed by atoms with Gasteiger partial charge in [-0.1, -0.05) is 37.3 Å². The molecule has 1 aromatic heterocycles. The van der Waals surface area contributed by atoms with Crippen LogP contribution in [0.1, 0.15) is 13.3 Å². The average molecular weight is 297 g/mol. The molecule has 0 saturated carbocycles. The molecule has 0 aliphatic rings. The molecule has 0 bridgehead atoms. The molecule has 1 heterocycles. The van der Waals surface area contributed by atoms with Crippen LogP contribution in [0, 0.1) is 0 Å². The summed E-state index contributed by atoms with van der Waals surface area (Å²) in [5, 5.41) is 16.0. The number of anilines is 1. The number of aromatic hydroxyl groups is 1. The third kappa shape index (κ3) is 2.49. The van der Waals surface area contributed by atoms with Crippen molar-refractivity contribution in [1.82, 2.24) is 0 Å². The van der Waals surface area contributed by atoms with E-state index >= 15 is 0 Å².